The standard InChI is InChI=1S/C20H25NO3/c1-15(2)11-12-24-18-10-9-16(13-19(18)23-3)14-21-20(22)17-7-5-4-6-8-17/h4-10,13,15H,11-12,14H2,1-3H3,(H,21,22). The van der Waals surface area contributed by atoms with Gasteiger partial charge in [0.05, 0.1) is 13.7 Å². The van der Waals surface area contributed by atoms with E-state index in [0.717, 1.165) is 17.7 Å². The normalized spacial score (nSPS) is 10.5. The molecule has 0 aromatic heterocycles. The van der Waals surface area contributed by atoms with E-state index in [1.54, 1.807) is 19.2 Å². The Morgan fingerprint density at radius 1 is 1.08 bits per heavy atom. The van der Waals surface area contributed by atoms with E-state index in [-0.39, 0.29) is 5.91 Å². The lowest BCUT2D eigenvalue weighted by molar-refractivity contribution is 0.0951. The summed E-state index contributed by atoms with van der Waals surface area (Å²) in [5.74, 6) is 1.93. The van der Waals surface area contributed by atoms with Gasteiger partial charge in [0.25, 0.3) is 5.91 Å². The quantitative estimate of drug-likeness (QED) is 0.795. The summed E-state index contributed by atoms with van der Waals surface area (Å²) in [6, 6.07) is 14.9. The van der Waals surface area contributed by atoms with Gasteiger partial charge in [-0.2, -0.15) is 0 Å². The molecule has 0 unspecified atom stereocenters. The van der Waals surface area contributed by atoms with E-state index in [1.165, 1.54) is 0 Å². The second-order valence-electron chi connectivity index (χ2n) is 6.06. The highest BCUT2D eigenvalue weighted by Gasteiger charge is 2.08. The van der Waals surface area contributed by atoms with Crippen molar-refractivity contribution in [3.8, 4) is 11.5 Å². The van der Waals surface area contributed by atoms with Gasteiger partial charge in [-0.15, -0.1) is 0 Å². The molecule has 0 fully saturated rings. The van der Waals surface area contributed by atoms with Crippen LogP contribution in [0.1, 0.15) is 36.2 Å². The molecule has 0 saturated heterocycles. The van der Waals surface area contributed by atoms with Gasteiger partial charge in [0.1, 0.15) is 0 Å². The Morgan fingerprint density at radius 2 is 1.83 bits per heavy atom. The first kappa shape index (κ1) is 17.9. The summed E-state index contributed by atoms with van der Waals surface area (Å²) < 4.78 is 11.2. The Balaban J connectivity index is 1.95. The minimum absolute atomic E-state index is 0.0909. The molecule has 24 heavy (non-hydrogen) atoms. The van der Waals surface area contributed by atoms with Gasteiger partial charge in [-0.25, -0.2) is 0 Å². The first-order valence-corrected chi connectivity index (χ1v) is 8.23. The molecule has 128 valence electrons. The van der Waals surface area contributed by atoms with E-state index >= 15 is 0 Å². The molecule has 4 heteroatoms. The van der Waals surface area contributed by atoms with Gasteiger partial charge in [0.15, 0.2) is 11.5 Å². The third-order valence-electron chi connectivity index (χ3n) is 3.67. The number of rotatable bonds is 8. The Bertz CT molecular complexity index is 653. The van der Waals surface area contributed by atoms with Crippen LogP contribution in [0.2, 0.25) is 0 Å². The van der Waals surface area contributed by atoms with E-state index in [9.17, 15) is 4.79 Å². The lowest BCUT2D eigenvalue weighted by Crippen LogP contribution is -2.22. The number of ether oxygens (including phenoxy) is 2. The SMILES string of the molecule is COc1cc(CNC(=O)c2ccccc2)ccc1OCCC(C)C. The van der Waals surface area contributed by atoms with Crippen molar-refractivity contribution >= 4 is 5.91 Å². The second kappa shape index (κ2) is 8.96. The number of hydrogen-bond acceptors (Lipinski definition) is 3. The third kappa shape index (κ3) is 5.30. The fraction of sp³-hybridized carbons (Fsp3) is 0.350. The van der Waals surface area contributed by atoms with Crippen molar-refractivity contribution in [3.05, 3.63) is 59.7 Å². The van der Waals surface area contributed by atoms with Gasteiger partial charge >= 0.3 is 0 Å². The summed E-state index contributed by atoms with van der Waals surface area (Å²) in [6.07, 6.45) is 0.998. The monoisotopic (exact) mass is 327 g/mol. The van der Waals surface area contributed by atoms with Crippen molar-refractivity contribution in [2.45, 2.75) is 26.8 Å². The van der Waals surface area contributed by atoms with Crippen LogP contribution in [0.4, 0.5) is 0 Å². The molecular weight excluding hydrogens is 302 g/mol. The topological polar surface area (TPSA) is 47.6 Å². The minimum Gasteiger partial charge on any atom is -0.493 e. The Morgan fingerprint density at radius 3 is 2.50 bits per heavy atom. The maximum Gasteiger partial charge on any atom is 0.251 e. The van der Waals surface area contributed by atoms with E-state index in [1.807, 2.05) is 36.4 Å². The van der Waals surface area contributed by atoms with Crippen molar-refractivity contribution in [2.75, 3.05) is 13.7 Å². The number of carbonyl (C=O) groups excluding carboxylic acids is 1. The first-order valence-electron chi connectivity index (χ1n) is 8.23. The summed E-state index contributed by atoms with van der Waals surface area (Å²) in [5.41, 5.74) is 1.62. The molecule has 0 aliphatic rings. The van der Waals surface area contributed by atoms with Crippen molar-refractivity contribution in [1.82, 2.24) is 5.32 Å². The van der Waals surface area contributed by atoms with Gasteiger partial charge in [-0.1, -0.05) is 38.1 Å². The van der Waals surface area contributed by atoms with E-state index in [2.05, 4.69) is 19.2 Å². The van der Waals surface area contributed by atoms with Crippen molar-refractivity contribution in [3.63, 3.8) is 0 Å². The summed E-state index contributed by atoms with van der Waals surface area (Å²) in [5, 5.41) is 2.91. The molecule has 1 N–H and O–H groups in total. The van der Waals surface area contributed by atoms with E-state index < -0.39 is 0 Å². The highest BCUT2D eigenvalue weighted by Crippen LogP contribution is 2.28. The Hall–Kier alpha value is -2.49. The highest BCUT2D eigenvalue weighted by molar-refractivity contribution is 5.94. The van der Waals surface area contributed by atoms with Crippen LogP contribution in [0.15, 0.2) is 48.5 Å². The Labute approximate surface area is 143 Å². The molecule has 2 aromatic rings. The summed E-state index contributed by atoms with van der Waals surface area (Å²) in [4.78, 5) is 12.1. The molecule has 0 heterocycles. The fourth-order valence-corrected chi connectivity index (χ4v) is 2.22. The second-order valence-corrected chi connectivity index (χ2v) is 6.06. The molecule has 0 aliphatic carbocycles. The van der Waals surface area contributed by atoms with E-state index in [0.29, 0.717) is 30.4 Å². The van der Waals surface area contributed by atoms with E-state index in [4.69, 9.17) is 9.47 Å². The molecular formula is C20H25NO3. The minimum atomic E-state index is -0.0909. The van der Waals surface area contributed by atoms with Gasteiger partial charge in [0, 0.05) is 12.1 Å². The largest absolute Gasteiger partial charge is 0.493 e. The van der Waals surface area contributed by atoms with Crippen molar-refractivity contribution in [2.24, 2.45) is 5.92 Å². The van der Waals surface area contributed by atoms with Crippen LogP contribution >= 0.6 is 0 Å². The lowest BCUT2D eigenvalue weighted by atomic mass is 10.1. The molecule has 4 nitrogen and oxygen atoms in total. The molecule has 0 aliphatic heterocycles. The zero-order valence-electron chi connectivity index (χ0n) is 14.5. The van der Waals surface area contributed by atoms with Gasteiger partial charge in [-0.05, 0) is 42.2 Å². The zero-order valence-corrected chi connectivity index (χ0v) is 14.5. The van der Waals surface area contributed by atoms with Crippen LogP contribution in [-0.2, 0) is 6.54 Å². The maximum absolute atomic E-state index is 12.1. The lowest BCUT2D eigenvalue weighted by Gasteiger charge is -2.13. The number of carbonyl (C=O) groups is 1. The molecule has 2 rings (SSSR count). The van der Waals surface area contributed by atoms with Gasteiger partial charge in [0.2, 0.25) is 0 Å². The molecule has 2 aromatic carbocycles. The average Bonchev–Trinajstić information content (AvgIpc) is 2.60. The molecule has 0 saturated carbocycles. The summed E-state index contributed by atoms with van der Waals surface area (Å²) >= 11 is 0. The number of amides is 1. The Kier molecular flexibility index (Phi) is 6.67. The molecule has 0 radical (unpaired) electrons. The summed E-state index contributed by atoms with van der Waals surface area (Å²) in [7, 11) is 1.62. The van der Waals surface area contributed by atoms with Gasteiger partial charge in [-0.3, -0.25) is 4.79 Å². The predicted molar refractivity (Wildman–Crippen MR) is 95.6 cm³/mol. The number of methoxy groups -OCH3 is 1. The smallest absolute Gasteiger partial charge is 0.251 e. The number of hydrogen-bond donors (Lipinski definition) is 1. The predicted octanol–water partition coefficient (Wildman–Crippen LogP) is 4.05. The van der Waals surface area contributed by atoms with Crippen LogP contribution < -0.4 is 14.8 Å². The fourth-order valence-electron chi connectivity index (χ4n) is 2.22. The van der Waals surface area contributed by atoms with Crippen LogP contribution in [0.3, 0.4) is 0 Å². The highest BCUT2D eigenvalue weighted by atomic mass is 16.5. The maximum atomic E-state index is 12.1. The van der Waals surface area contributed by atoms with Crippen molar-refractivity contribution in [1.29, 1.82) is 0 Å². The van der Waals surface area contributed by atoms with Crippen LogP contribution in [0.5, 0.6) is 11.5 Å². The summed E-state index contributed by atoms with van der Waals surface area (Å²) in [6.45, 7) is 5.44. The van der Waals surface area contributed by atoms with Crippen LogP contribution in [0.25, 0.3) is 0 Å². The van der Waals surface area contributed by atoms with Crippen LogP contribution in [-0.4, -0.2) is 19.6 Å². The number of nitrogens with one attached hydrogen (secondary N) is 1. The first-order chi connectivity index (χ1) is 11.6. The van der Waals surface area contributed by atoms with Crippen molar-refractivity contribution < 1.29 is 14.3 Å². The third-order valence-corrected chi connectivity index (χ3v) is 3.67. The average molecular weight is 327 g/mol. The molecule has 0 bridgehead atoms. The zero-order chi connectivity index (χ0) is 17.4. The molecule has 1 amide bonds. The molecule has 0 spiro atoms. The van der Waals surface area contributed by atoms with Gasteiger partial charge < -0.3 is 14.8 Å². The van der Waals surface area contributed by atoms with Crippen LogP contribution in [0, 0.1) is 5.92 Å². The molecule has 0 atom stereocenters. The number of benzene rings is 2.